The molecule has 1 fully saturated rings. The average Bonchev–Trinajstić information content (AvgIpc) is 3.28. The normalized spacial score (nSPS) is 17.3. The summed E-state index contributed by atoms with van der Waals surface area (Å²) >= 11 is 12.7. The average molecular weight is 555 g/mol. The lowest BCUT2D eigenvalue weighted by atomic mass is 9.99. The summed E-state index contributed by atoms with van der Waals surface area (Å²) in [5, 5.41) is 10.6. The Balaban J connectivity index is 1.40. The fourth-order valence-electron chi connectivity index (χ4n) is 3.96. The lowest BCUT2D eigenvalue weighted by Gasteiger charge is -2.33. The first-order chi connectivity index (χ1) is 16.6. The van der Waals surface area contributed by atoms with Crippen LogP contribution in [0.5, 0.6) is 0 Å². The van der Waals surface area contributed by atoms with Crippen LogP contribution in [-0.2, 0) is 10.0 Å². The fourth-order valence-corrected chi connectivity index (χ4v) is 6.59. The number of carbonyl (C=O) groups is 1. The minimum Gasteiger partial charge on any atom is -0.371 e. The molecule has 0 radical (unpaired) electrons. The lowest BCUT2D eigenvalue weighted by Crippen LogP contribution is -2.34. The van der Waals surface area contributed by atoms with Crippen LogP contribution in [-0.4, -0.2) is 37.6 Å². The molecule has 1 aromatic heterocycles. The summed E-state index contributed by atoms with van der Waals surface area (Å²) in [6.45, 7) is 6.09. The Bertz CT molecular complexity index is 1310. The van der Waals surface area contributed by atoms with Gasteiger partial charge in [0.15, 0.2) is 0 Å². The number of anilines is 2. The van der Waals surface area contributed by atoms with Crippen LogP contribution in [0.4, 0.5) is 10.8 Å². The second-order valence-corrected chi connectivity index (χ2v) is 12.3. The summed E-state index contributed by atoms with van der Waals surface area (Å²) in [6, 6.07) is 11.9. The van der Waals surface area contributed by atoms with Gasteiger partial charge >= 0.3 is 0 Å². The van der Waals surface area contributed by atoms with Crippen LogP contribution in [0.2, 0.25) is 10.0 Å². The molecule has 0 aliphatic carbocycles. The van der Waals surface area contributed by atoms with E-state index in [2.05, 4.69) is 32.1 Å². The highest BCUT2D eigenvalue weighted by Crippen LogP contribution is 2.27. The van der Waals surface area contributed by atoms with Crippen LogP contribution in [0, 0.1) is 5.92 Å². The molecule has 3 aromatic rings. The number of hydrogen-bond acceptors (Lipinski definition) is 7. The van der Waals surface area contributed by atoms with E-state index in [4.69, 9.17) is 23.2 Å². The van der Waals surface area contributed by atoms with Gasteiger partial charge in [-0.25, -0.2) is 13.1 Å². The highest BCUT2D eigenvalue weighted by Gasteiger charge is 2.24. The standard InChI is InChI=1S/C23H25Cl2N5O3S2/c1-14-4-3-11-30(13-14)18-8-5-16(6-9-18)15(2)29-35(32,33)23-28-27-22(34-23)26-21(31)19-10-7-17(24)12-20(19)25/h5-10,12,14-15,29H,3-4,11,13H2,1-2H3,(H,26,27,31)/t14-,15+/m1/s1. The monoisotopic (exact) mass is 553 g/mol. The van der Waals surface area contributed by atoms with E-state index in [0.29, 0.717) is 10.9 Å². The largest absolute Gasteiger partial charge is 0.371 e. The summed E-state index contributed by atoms with van der Waals surface area (Å²) in [4.78, 5) is 14.8. The van der Waals surface area contributed by atoms with Crippen molar-refractivity contribution in [3.63, 3.8) is 0 Å². The van der Waals surface area contributed by atoms with E-state index in [1.54, 1.807) is 6.92 Å². The first-order valence-corrected chi connectivity index (χ1v) is 14.1. The molecule has 0 spiro atoms. The minimum atomic E-state index is -3.95. The number of nitrogens with zero attached hydrogens (tertiary/aromatic N) is 3. The van der Waals surface area contributed by atoms with Crippen molar-refractivity contribution < 1.29 is 13.2 Å². The van der Waals surface area contributed by atoms with Gasteiger partial charge in [-0.05, 0) is 61.6 Å². The number of amides is 1. The predicted octanol–water partition coefficient (Wildman–Crippen LogP) is 5.37. The Morgan fingerprint density at radius 1 is 1.17 bits per heavy atom. The van der Waals surface area contributed by atoms with Crippen molar-refractivity contribution in [3.05, 3.63) is 63.6 Å². The Labute approximate surface area is 218 Å². The zero-order valence-corrected chi connectivity index (χ0v) is 22.3. The van der Waals surface area contributed by atoms with Crippen LogP contribution in [0.25, 0.3) is 0 Å². The van der Waals surface area contributed by atoms with Gasteiger partial charge in [0.2, 0.25) is 9.47 Å². The van der Waals surface area contributed by atoms with Crippen molar-refractivity contribution >= 4 is 61.3 Å². The first kappa shape index (κ1) is 25.8. The van der Waals surface area contributed by atoms with Gasteiger partial charge < -0.3 is 4.90 Å². The summed E-state index contributed by atoms with van der Waals surface area (Å²) in [6.07, 6.45) is 2.43. The second-order valence-electron chi connectivity index (χ2n) is 8.58. The van der Waals surface area contributed by atoms with Crippen LogP contribution in [0.3, 0.4) is 0 Å². The third kappa shape index (κ3) is 6.31. The maximum Gasteiger partial charge on any atom is 0.270 e. The molecule has 35 heavy (non-hydrogen) atoms. The molecule has 2 atom stereocenters. The summed E-state index contributed by atoms with van der Waals surface area (Å²) in [5.41, 5.74) is 2.16. The maximum atomic E-state index is 12.9. The molecule has 1 amide bonds. The number of carbonyl (C=O) groups excluding carboxylic acids is 1. The number of rotatable bonds is 7. The minimum absolute atomic E-state index is 0.0363. The van der Waals surface area contributed by atoms with E-state index in [-0.39, 0.29) is 20.1 Å². The van der Waals surface area contributed by atoms with E-state index in [0.717, 1.165) is 35.7 Å². The summed E-state index contributed by atoms with van der Waals surface area (Å²) in [5.74, 6) is 0.121. The number of nitrogens with one attached hydrogen (secondary N) is 2. The van der Waals surface area contributed by atoms with E-state index in [1.807, 2.05) is 24.3 Å². The van der Waals surface area contributed by atoms with Gasteiger partial charge in [0, 0.05) is 29.8 Å². The molecule has 2 heterocycles. The van der Waals surface area contributed by atoms with E-state index < -0.39 is 22.0 Å². The van der Waals surface area contributed by atoms with E-state index in [1.165, 1.54) is 31.0 Å². The number of halogens is 2. The molecule has 1 saturated heterocycles. The SMILES string of the molecule is C[C@@H]1CCCN(c2ccc([C@H](C)NS(=O)(=O)c3nnc(NC(=O)c4ccc(Cl)cc4Cl)s3)cc2)C1. The maximum absolute atomic E-state index is 12.9. The van der Waals surface area contributed by atoms with Crippen molar-refractivity contribution in [1.29, 1.82) is 0 Å². The predicted molar refractivity (Wildman–Crippen MR) is 140 cm³/mol. The van der Waals surface area contributed by atoms with Gasteiger partial charge in [0.1, 0.15) is 0 Å². The van der Waals surface area contributed by atoms with Gasteiger partial charge in [0.25, 0.3) is 15.9 Å². The van der Waals surface area contributed by atoms with Gasteiger partial charge in [-0.15, -0.1) is 10.2 Å². The molecule has 1 aliphatic heterocycles. The Kier molecular flexibility index (Phi) is 7.97. The second kappa shape index (κ2) is 10.8. The zero-order valence-electron chi connectivity index (χ0n) is 19.2. The topological polar surface area (TPSA) is 104 Å². The number of aromatic nitrogens is 2. The van der Waals surface area contributed by atoms with Crippen LogP contribution in [0.15, 0.2) is 46.8 Å². The van der Waals surface area contributed by atoms with Gasteiger partial charge in [-0.1, -0.05) is 53.6 Å². The van der Waals surface area contributed by atoms with Gasteiger partial charge in [-0.2, -0.15) is 0 Å². The molecular weight excluding hydrogens is 529 g/mol. The molecule has 1 aliphatic rings. The number of benzene rings is 2. The Morgan fingerprint density at radius 3 is 2.60 bits per heavy atom. The first-order valence-electron chi connectivity index (χ1n) is 11.1. The number of piperidine rings is 1. The summed E-state index contributed by atoms with van der Waals surface area (Å²) < 4.78 is 28.1. The van der Waals surface area contributed by atoms with Crippen molar-refractivity contribution in [2.45, 2.75) is 37.1 Å². The lowest BCUT2D eigenvalue weighted by molar-refractivity contribution is 0.102. The number of hydrogen-bond donors (Lipinski definition) is 2. The molecule has 0 saturated carbocycles. The molecule has 2 aromatic carbocycles. The quantitative estimate of drug-likeness (QED) is 0.381. The number of sulfonamides is 1. The molecular formula is C23H25Cl2N5O3S2. The molecule has 12 heteroatoms. The van der Waals surface area contributed by atoms with E-state index in [9.17, 15) is 13.2 Å². The molecule has 4 rings (SSSR count). The zero-order chi connectivity index (χ0) is 25.2. The van der Waals surface area contributed by atoms with E-state index >= 15 is 0 Å². The van der Waals surface area contributed by atoms with Crippen LogP contribution in [0.1, 0.15) is 48.7 Å². The molecule has 186 valence electrons. The highest BCUT2D eigenvalue weighted by molar-refractivity contribution is 7.91. The molecule has 8 nitrogen and oxygen atoms in total. The third-order valence-corrected chi connectivity index (χ3v) is 9.07. The Morgan fingerprint density at radius 2 is 1.91 bits per heavy atom. The van der Waals surface area contributed by atoms with Crippen LogP contribution >= 0.6 is 34.5 Å². The van der Waals surface area contributed by atoms with Crippen molar-refractivity contribution in [3.8, 4) is 0 Å². The van der Waals surface area contributed by atoms with Gasteiger partial charge in [0.05, 0.1) is 10.6 Å². The van der Waals surface area contributed by atoms with Gasteiger partial charge in [-0.3, -0.25) is 10.1 Å². The Hall–Kier alpha value is -2.24. The molecule has 0 unspecified atom stereocenters. The van der Waals surface area contributed by atoms with Crippen LogP contribution < -0.4 is 14.9 Å². The third-order valence-electron chi connectivity index (χ3n) is 5.78. The molecule has 2 N–H and O–H groups in total. The highest BCUT2D eigenvalue weighted by atomic mass is 35.5. The smallest absolute Gasteiger partial charge is 0.270 e. The van der Waals surface area contributed by atoms with Crippen molar-refractivity contribution in [2.24, 2.45) is 5.92 Å². The molecule has 0 bridgehead atoms. The van der Waals surface area contributed by atoms with Crippen molar-refractivity contribution in [1.82, 2.24) is 14.9 Å². The summed E-state index contributed by atoms with van der Waals surface area (Å²) in [7, 11) is -3.95. The fraction of sp³-hybridized carbons (Fsp3) is 0.348. The van der Waals surface area contributed by atoms with Crippen molar-refractivity contribution in [2.75, 3.05) is 23.3 Å².